The number of rotatable bonds is 4. The van der Waals surface area contributed by atoms with Gasteiger partial charge in [0.15, 0.2) is 0 Å². The number of aromatic nitrogens is 1. The third-order valence-corrected chi connectivity index (χ3v) is 5.31. The van der Waals surface area contributed by atoms with E-state index >= 15 is 0 Å². The van der Waals surface area contributed by atoms with Gasteiger partial charge >= 0.3 is 0 Å². The molecule has 2 aromatic rings. The van der Waals surface area contributed by atoms with Crippen LogP contribution in [0.4, 0.5) is 0 Å². The summed E-state index contributed by atoms with van der Waals surface area (Å²) in [5.41, 5.74) is 1.05. The first kappa shape index (κ1) is 16.6. The normalized spacial score (nSPS) is 16.6. The lowest BCUT2D eigenvalue weighted by Crippen LogP contribution is -2.43. The van der Waals surface area contributed by atoms with Crippen molar-refractivity contribution in [2.24, 2.45) is 5.92 Å². The highest BCUT2D eigenvalue weighted by atomic mass is 32.1. The Kier molecular flexibility index (Phi) is 5.25. The maximum atomic E-state index is 12.5. The van der Waals surface area contributed by atoms with Crippen molar-refractivity contribution >= 4 is 23.2 Å². The minimum atomic E-state index is -0.0359. The van der Waals surface area contributed by atoms with E-state index in [1.165, 1.54) is 11.3 Å². The molecular formula is C18H21N3O2S. The van der Waals surface area contributed by atoms with E-state index in [2.05, 4.69) is 10.3 Å². The lowest BCUT2D eigenvalue weighted by atomic mass is 9.95. The average Bonchev–Trinajstić information content (AvgIpc) is 3.16. The van der Waals surface area contributed by atoms with Crippen LogP contribution in [-0.2, 0) is 4.79 Å². The van der Waals surface area contributed by atoms with Crippen LogP contribution in [0.25, 0.3) is 0 Å². The molecule has 3 rings (SSSR count). The Bertz CT molecular complexity index is 680. The predicted molar refractivity (Wildman–Crippen MR) is 93.7 cm³/mol. The van der Waals surface area contributed by atoms with Crippen molar-refractivity contribution in [3.05, 3.63) is 52.5 Å². The Balaban J connectivity index is 1.51. The standard InChI is InChI=1S/C18H21N3O2S/c1-13(14-4-8-19-9-5-14)20-17(22)15-6-10-21(11-7-15)18(23)16-3-2-12-24-16/h2-5,8-9,12-13,15H,6-7,10-11H2,1H3,(H,20,22). The zero-order valence-electron chi connectivity index (χ0n) is 13.6. The number of likely N-dealkylation sites (tertiary alicyclic amines) is 1. The Morgan fingerprint density at radius 3 is 2.58 bits per heavy atom. The molecule has 1 aliphatic heterocycles. The van der Waals surface area contributed by atoms with Crippen LogP contribution >= 0.6 is 11.3 Å². The second kappa shape index (κ2) is 7.57. The molecule has 0 bridgehead atoms. The average molecular weight is 343 g/mol. The maximum absolute atomic E-state index is 12.5. The smallest absolute Gasteiger partial charge is 0.263 e. The van der Waals surface area contributed by atoms with Crippen molar-refractivity contribution < 1.29 is 9.59 Å². The molecule has 1 aliphatic rings. The molecule has 2 aromatic heterocycles. The van der Waals surface area contributed by atoms with Crippen molar-refractivity contribution in [1.82, 2.24) is 15.2 Å². The predicted octanol–water partition coefficient (Wildman–Crippen LogP) is 2.87. The summed E-state index contributed by atoms with van der Waals surface area (Å²) in [5, 5.41) is 4.98. The van der Waals surface area contributed by atoms with Gasteiger partial charge in [-0.1, -0.05) is 6.07 Å². The monoisotopic (exact) mass is 343 g/mol. The second-order valence-electron chi connectivity index (χ2n) is 6.05. The molecule has 1 unspecified atom stereocenters. The molecule has 0 spiro atoms. The second-order valence-corrected chi connectivity index (χ2v) is 7.00. The quantitative estimate of drug-likeness (QED) is 0.928. The van der Waals surface area contributed by atoms with Gasteiger partial charge in [-0.2, -0.15) is 0 Å². The molecular weight excluding hydrogens is 322 g/mol. The molecule has 3 heterocycles. The summed E-state index contributed by atoms with van der Waals surface area (Å²) in [7, 11) is 0. The van der Waals surface area contributed by atoms with Gasteiger partial charge in [0.05, 0.1) is 10.9 Å². The van der Waals surface area contributed by atoms with Crippen molar-refractivity contribution in [1.29, 1.82) is 0 Å². The molecule has 0 aliphatic carbocycles. The van der Waals surface area contributed by atoms with Gasteiger partial charge in [-0.3, -0.25) is 14.6 Å². The first-order valence-electron chi connectivity index (χ1n) is 8.18. The Morgan fingerprint density at radius 1 is 1.25 bits per heavy atom. The molecule has 1 saturated heterocycles. The molecule has 126 valence electrons. The van der Waals surface area contributed by atoms with E-state index in [1.807, 2.05) is 41.5 Å². The van der Waals surface area contributed by atoms with Gasteiger partial charge in [0, 0.05) is 31.4 Å². The molecule has 5 nitrogen and oxygen atoms in total. The number of thiophene rings is 1. The summed E-state index contributed by atoms with van der Waals surface area (Å²) >= 11 is 1.46. The van der Waals surface area contributed by atoms with Crippen molar-refractivity contribution in [3.63, 3.8) is 0 Å². The number of hydrogen-bond donors (Lipinski definition) is 1. The minimum absolute atomic E-state index is 0.0262. The zero-order chi connectivity index (χ0) is 16.9. The third-order valence-electron chi connectivity index (χ3n) is 4.45. The van der Waals surface area contributed by atoms with E-state index in [1.54, 1.807) is 12.4 Å². The molecule has 1 fully saturated rings. The maximum Gasteiger partial charge on any atom is 0.263 e. The number of nitrogens with zero attached hydrogens (tertiary/aromatic N) is 2. The van der Waals surface area contributed by atoms with Crippen LogP contribution in [0.15, 0.2) is 42.0 Å². The number of carbonyl (C=O) groups is 2. The molecule has 0 saturated carbocycles. The van der Waals surface area contributed by atoms with Crippen LogP contribution in [0.2, 0.25) is 0 Å². The topological polar surface area (TPSA) is 62.3 Å². The summed E-state index contributed by atoms with van der Waals surface area (Å²) in [6, 6.07) is 7.52. The molecule has 1 N–H and O–H groups in total. The molecule has 24 heavy (non-hydrogen) atoms. The molecule has 6 heteroatoms. The molecule has 1 atom stereocenters. The van der Waals surface area contributed by atoms with E-state index in [4.69, 9.17) is 0 Å². The van der Waals surface area contributed by atoms with Crippen LogP contribution in [-0.4, -0.2) is 34.8 Å². The van der Waals surface area contributed by atoms with E-state index in [9.17, 15) is 9.59 Å². The number of piperidine rings is 1. The summed E-state index contributed by atoms with van der Waals surface area (Å²) in [5.74, 6) is 0.123. The van der Waals surface area contributed by atoms with Crippen molar-refractivity contribution in [2.75, 3.05) is 13.1 Å². The first-order chi connectivity index (χ1) is 11.6. The van der Waals surface area contributed by atoms with E-state index < -0.39 is 0 Å². The van der Waals surface area contributed by atoms with E-state index in [-0.39, 0.29) is 23.8 Å². The fraction of sp³-hybridized carbons (Fsp3) is 0.389. The number of hydrogen-bond acceptors (Lipinski definition) is 4. The highest BCUT2D eigenvalue weighted by molar-refractivity contribution is 7.12. The van der Waals surface area contributed by atoms with Gasteiger partial charge in [0.25, 0.3) is 5.91 Å². The van der Waals surface area contributed by atoms with Gasteiger partial charge in [0.1, 0.15) is 0 Å². The Labute approximate surface area is 145 Å². The zero-order valence-corrected chi connectivity index (χ0v) is 14.5. The fourth-order valence-electron chi connectivity index (χ4n) is 2.97. The first-order valence-corrected chi connectivity index (χ1v) is 9.06. The molecule has 0 radical (unpaired) electrons. The Hall–Kier alpha value is -2.21. The molecule has 0 aromatic carbocycles. The van der Waals surface area contributed by atoms with E-state index in [0.717, 1.165) is 10.4 Å². The van der Waals surface area contributed by atoms with Crippen LogP contribution in [0.5, 0.6) is 0 Å². The van der Waals surface area contributed by atoms with Gasteiger partial charge in [-0.25, -0.2) is 0 Å². The van der Waals surface area contributed by atoms with Crippen LogP contribution in [0.3, 0.4) is 0 Å². The summed E-state index contributed by atoms with van der Waals surface area (Å²) in [4.78, 5) is 31.4. The highest BCUT2D eigenvalue weighted by Gasteiger charge is 2.28. The summed E-state index contributed by atoms with van der Waals surface area (Å²) in [6.07, 6.45) is 4.89. The van der Waals surface area contributed by atoms with Crippen LogP contribution in [0, 0.1) is 5.92 Å². The SMILES string of the molecule is CC(NC(=O)C1CCN(C(=O)c2cccs2)CC1)c1ccncc1. The number of pyridine rings is 1. The van der Waals surface area contributed by atoms with Gasteiger partial charge in [-0.15, -0.1) is 11.3 Å². The number of nitrogens with one attached hydrogen (secondary N) is 1. The van der Waals surface area contributed by atoms with Crippen molar-refractivity contribution in [3.8, 4) is 0 Å². The molecule has 2 amide bonds. The summed E-state index contributed by atoms with van der Waals surface area (Å²) in [6.45, 7) is 3.25. The lowest BCUT2D eigenvalue weighted by Gasteiger charge is -2.31. The highest BCUT2D eigenvalue weighted by Crippen LogP contribution is 2.22. The number of carbonyl (C=O) groups excluding carboxylic acids is 2. The van der Waals surface area contributed by atoms with Gasteiger partial charge in [0.2, 0.25) is 5.91 Å². The fourth-order valence-corrected chi connectivity index (χ4v) is 3.66. The van der Waals surface area contributed by atoms with Crippen molar-refractivity contribution in [2.45, 2.75) is 25.8 Å². The van der Waals surface area contributed by atoms with Crippen LogP contribution < -0.4 is 5.32 Å². The van der Waals surface area contributed by atoms with E-state index in [0.29, 0.717) is 25.9 Å². The van der Waals surface area contributed by atoms with Crippen LogP contribution in [0.1, 0.15) is 41.0 Å². The lowest BCUT2D eigenvalue weighted by molar-refractivity contribution is -0.126. The van der Waals surface area contributed by atoms with Gasteiger partial charge in [-0.05, 0) is 48.9 Å². The number of amides is 2. The largest absolute Gasteiger partial charge is 0.349 e. The Morgan fingerprint density at radius 2 is 1.96 bits per heavy atom. The summed E-state index contributed by atoms with van der Waals surface area (Å²) < 4.78 is 0. The van der Waals surface area contributed by atoms with Gasteiger partial charge < -0.3 is 10.2 Å². The third kappa shape index (κ3) is 3.82. The minimum Gasteiger partial charge on any atom is -0.349 e.